The molecule has 0 aromatic carbocycles. The largest absolute Gasteiger partial charge is 0.503 e. The van der Waals surface area contributed by atoms with Gasteiger partial charge in [-0.15, -0.1) is 12.4 Å². The minimum absolute atomic E-state index is 0. The third kappa shape index (κ3) is 1.88. The highest BCUT2D eigenvalue weighted by atomic mass is 35.5. The Morgan fingerprint density at radius 3 is 2.42 bits per heavy atom. The van der Waals surface area contributed by atoms with Gasteiger partial charge in [-0.1, -0.05) is 6.92 Å². The van der Waals surface area contributed by atoms with Gasteiger partial charge >= 0.3 is 0 Å². The van der Waals surface area contributed by atoms with Gasteiger partial charge in [0.05, 0.1) is 5.69 Å². The summed E-state index contributed by atoms with van der Waals surface area (Å²) >= 11 is 0. The number of aromatic hydroxyl groups is 1. The highest BCUT2D eigenvalue weighted by Gasteiger charge is 2.06. The van der Waals surface area contributed by atoms with Crippen LogP contribution in [0.5, 0.6) is 5.75 Å². The van der Waals surface area contributed by atoms with Gasteiger partial charge in [-0.2, -0.15) is 4.98 Å². The second-order valence-electron chi connectivity index (χ2n) is 2.12. The van der Waals surface area contributed by atoms with Crippen molar-refractivity contribution in [2.75, 3.05) is 11.5 Å². The second-order valence-corrected chi connectivity index (χ2v) is 2.12. The summed E-state index contributed by atoms with van der Waals surface area (Å²) < 4.78 is 0. The molecule has 12 heavy (non-hydrogen) atoms. The van der Waals surface area contributed by atoms with Gasteiger partial charge in [0.15, 0.2) is 11.6 Å². The fraction of sp³-hybridized carbons (Fsp3) is 0.333. The molecule has 5 N–H and O–H groups in total. The third-order valence-electron chi connectivity index (χ3n) is 1.34. The molecular formula is C6H11ClN4O. The first-order valence-electron chi connectivity index (χ1n) is 3.26. The summed E-state index contributed by atoms with van der Waals surface area (Å²) in [5.41, 5.74) is 11.1. The van der Waals surface area contributed by atoms with Crippen LogP contribution in [0.15, 0.2) is 0 Å². The number of hydrogen-bond donors (Lipinski definition) is 3. The fourth-order valence-electron chi connectivity index (χ4n) is 0.787. The molecular weight excluding hydrogens is 180 g/mol. The molecule has 0 spiro atoms. The summed E-state index contributed by atoms with van der Waals surface area (Å²) in [6.07, 6.45) is 0.586. The molecule has 0 saturated carbocycles. The maximum atomic E-state index is 9.22. The van der Waals surface area contributed by atoms with E-state index in [4.69, 9.17) is 11.5 Å². The molecule has 6 heteroatoms. The van der Waals surface area contributed by atoms with E-state index in [-0.39, 0.29) is 29.9 Å². The van der Waals surface area contributed by atoms with Crippen molar-refractivity contribution in [3.63, 3.8) is 0 Å². The number of rotatable bonds is 1. The Bertz CT molecular complexity index is 278. The molecule has 0 radical (unpaired) electrons. The van der Waals surface area contributed by atoms with Gasteiger partial charge in [-0.25, -0.2) is 4.98 Å². The molecule has 0 atom stereocenters. The van der Waals surface area contributed by atoms with Gasteiger partial charge in [0, 0.05) is 0 Å². The van der Waals surface area contributed by atoms with E-state index in [1.54, 1.807) is 0 Å². The molecule has 0 unspecified atom stereocenters. The van der Waals surface area contributed by atoms with E-state index in [0.29, 0.717) is 12.1 Å². The van der Waals surface area contributed by atoms with E-state index in [1.807, 2.05) is 6.92 Å². The number of aromatic nitrogens is 2. The summed E-state index contributed by atoms with van der Waals surface area (Å²) in [5, 5.41) is 9.22. The third-order valence-corrected chi connectivity index (χ3v) is 1.34. The Labute approximate surface area is 76.2 Å². The van der Waals surface area contributed by atoms with Crippen LogP contribution in [0.1, 0.15) is 12.6 Å². The Kier molecular flexibility index (Phi) is 3.56. The van der Waals surface area contributed by atoms with Crippen molar-refractivity contribution in [2.45, 2.75) is 13.3 Å². The molecule has 0 saturated heterocycles. The minimum Gasteiger partial charge on any atom is -0.503 e. The monoisotopic (exact) mass is 190 g/mol. The lowest BCUT2D eigenvalue weighted by Crippen LogP contribution is -2.03. The molecule has 0 amide bonds. The van der Waals surface area contributed by atoms with E-state index in [2.05, 4.69) is 9.97 Å². The molecule has 0 bridgehead atoms. The highest BCUT2D eigenvalue weighted by molar-refractivity contribution is 5.85. The van der Waals surface area contributed by atoms with Gasteiger partial charge in [-0.05, 0) is 6.42 Å². The highest BCUT2D eigenvalue weighted by Crippen LogP contribution is 2.21. The summed E-state index contributed by atoms with van der Waals surface area (Å²) in [6.45, 7) is 1.85. The molecule has 68 valence electrons. The zero-order valence-corrected chi connectivity index (χ0v) is 7.43. The van der Waals surface area contributed by atoms with E-state index in [0.717, 1.165) is 0 Å². The van der Waals surface area contributed by atoms with Crippen LogP contribution in [0.25, 0.3) is 0 Å². The standard InChI is InChI=1S/C6H10N4O.ClH/c1-2-3-4(11)5(7)10-6(8)9-3;/h11H,2H2,1H3,(H4,7,8,9,10);1H. The van der Waals surface area contributed by atoms with E-state index in [9.17, 15) is 5.11 Å². The van der Waals surface area contributed by atoms with Crippen LogP contribution in [0, 0.1) is 0 Å². The smallest absolute Gasteiger partial charge is 0.222 e. The van der Waals surface area contributed by atoms with E-state index in [1.165, 1.54) is 0 Å². The maximum absolute atomic E-state index is 9.22. The van der Waals surface area contributed by atoms with Gasteiger partial charge in [0.25, 0.3) is 0 Å². The van der Waals surface area contributed by atoms with Crippen LogP contribution in [0.2, 0.25) is 0 Å². The molecule has 1 aromatic heterocycles. The van der Waals surface area contributed by atoms with Gasteiger partial charge in [0.2, 0.25) is 5.95 Å². The van der Waals surface area contributed by atoms with Crippen LogP contribution < -0.4 is 11.5 Å². The second kappa shape index (κ2) is 3.96. The average Bonchev–Trinajstić information content (AvgIpc) is 1.96. The zero-order chi connectivity index (χ0) is 8.43. The minimum atomic E-state index is -0.0679. The number of halogens is 1. The lowest BCUT2D eigenvalue weighted by atomic mass is 10.3. The van der Waals surface area contributed by atoms with Gasteiger partial charge in [0.1, 0.15) is 0 Å². The van der Waals surface area contributed by atoms with Crippen LogP contribution in [-0.2, 0) is 6.42 Å². The fourth-order valence-corrected chi connectivity index (χ4v) is 0.787. The number of nitrogens with zero attached hydrogens (tertiary/aromatic N) is 2. The molecule has 1 aromatic rings. The van der Waals surface area contributed by atoms with Crippen molar-refractivity contribution in [1.29, 1.82) is 0 Å². The summed E-state index contributed by atoms with van der Waals surface area (Å²) in [4.78, 5) is 7.36. The molecule has 0 aliphatic rings. The van der Waals surface area contributed by atoms with Gasteiger partial charge < -0.3 is 16.6 Å². The van der Waals surface area contributed by atoms with Crippen molar-refractivity contribution in [3.05, 3.63) is 5.69 Å². The summed E-state index contributed by atoms with van der Waals surface area (Å²) in [6, 6.07) is 0. The lowest BCUT2D eigenvalue weighted by Gasteiger charge is -2.03. The number of anilines is 2. The first kappa shape index (κ1) is 10.8. The zero-order valence-electron chi connectivity index (χ0n) is 6.61. The summed E-state index contributed by atoms with van der Waals surface area (Å²) in [5.74, 6) is 0.0631. The predicted molar refractivity (Wildman–Crippen MR) is 49.1 cm³/mol. The van der Waals surface area contributed by atoms with Crippen LogP contribution in [0.4, 0.5) is 11.8 Å². The SMILES string of the molecule is CCc1nc(N)nc(N)c1O.Cl. The van der Waals surface area contributed by atoms with Crippen LogP contribution in [0.3, 0.4) is 0 Å². The Hall–Kier alpha value is -1.23. The Morgan fingerprint density at radius 2 is 1.92 bits per heavy atom. The first-order valence-corrected chi connectivity index (χ1v) is 3.26. The Morgan fingerprint density at radius 1 is 1.33 bits per heavy atom. The van der Waals surface area contributed by atoms with E-state index < -0.39 is 0 Å². The maximum Gasteiger partial charge on any atom is 0.222 e. The topological polar surface area (TPSA) is 98.0 Å². The average molecular weight is 191 g/mol. The first-order chi connectivity index (χ1) is 5.15. The van der Waals surface area contributed by atoms with Gasteiger partial charge in [-0.3, -0.25) is 0 Å². The van der Waals surface area contributed by atoms with Crippen LogP contribution in [-0.4, -0.2) is 15.1 Å². The molecule has 0 aliphatic carbocycles. The predicted octanol–water partition coefficient (Wildman–Crippen LogP) is 0.331. The number of aryl methyl sites for hydroxylation is 1. The van der Waals surface area contributed by atoms with Crippen molar-refractivity contribution in [1.82, 2.24) is 9.97 Å². The van der Waals surface area contributed by atoms with E-state index >= 15 is 0 Å². The van der Waals surface area contributed by atoms with Crippen molar-refractivity contribution in [3.8, 4) is 5.75 Å². The Balaban J connectivity index is 0.00000121. The van der Waals surface area contributed by atoms with Crippen molar-refractivity contribution in [2.24, 2.45) is 0 Å². The normalized spacial score (nSPS) is 9.08. The molecule has 5 nitrogen and oxygen atoms in total. The lowest BCUT2D eigenvalue weighted by molar-refractivity contribution is 0.465. The number of hydrogen-bond acceptors (Lipinski definition) is 5. The summed E-state index contributed by atoms with van der Waals surface area (Å²) in [7, 11) is 0. The number of nitrogens with two attached hydrogens (primary N) is 2. The molecule has 0 fully saturated rings. The number of nitrogen functional groups attached to an aromatic ring is 2. The molecule has 1 heterocycles. The molecule has 1 rings (SSSR count). The molecule has 0 aliphatic heterocycles. The van der Waals surface area contributed by atoms with Crippen LogP contribution >= 0.6 is 12.4 Å². The quantitative estimate of drug-likeness (QED) is 0.593. The van der Waals surface area contributed by atoms with Crippen molar-refractivity contribution < 1.29 is 5.11 Å². The van der Waals surface area contributed by atoms with Crippen molar-refractivity contribution >= 4 is 24.2 Å².